The molecule has 4 aromatic rings. The van der Waals surface area contributed by atoms with Crippen molar-refractivity contribution in [1.82, 2.24) is 0 Å². The Balaban J connectivity index is 1.34. The van der Waals surface area contributed by atoms with Crippen LogP contribution < -0.4 is 0 Å². The minimum atomic E-state index is -0.779. The van der Waals surface area contributed by atoms with Crippen LogP contribution in [-0.2, 0) is 19.7 Å². The topological polar surface area (TPSA) is 47.9 Å². The summed E-state index contributed by atoms with van der Waals surface area (Å²) in [5.74, 6) is 0.888. The molecule has 6 rings (SSSR count). The molecule has 4 heteroatoms. The molecular formula is C36H37NO3. The quantitative estimate of drug-likeness (QED) is 0.237. The Bertz CT molecular complexity index is 1510. The monoisotopic (exact) mass is 531 g/mol. The highest BCUT2D eigenvalue weighted by molar-refractivity contribution is 5.99. The molecule has 1 aliphatic heterocycles. The first kappa shape index (κ1) is 26.3. The Kier molecular flexibility index (Phi) is 7.18. The van der Waals surface area contributed by atoms with Gasteiger partial charge >= 0.3 is 5.97 Å². The molecule has 1 heterocycles. The Hall–Kier alpha value is -3.92. The molecule has 0 spiro atoms. The molecule has 0 N–H and O–H groups in total. The van der Waals surface area contributed by atoms with Crippen LogP contribution in [-0.4, -0.2) is 24.0 Å². The van der Waals surface area contributed by atoms with Crippen LogP contribution in [0.1, 0.15) is 62.8 Å². The molecule has 1 fully saturated rings. The lowest BCUT2D eigenvalue weighted by molar-refractivity contribution is -0.159. The lowest BCUT2D eigenvalue weighted by Crippen LogP contribution is -2.45. The second kappa shape index (κ2) is 10.9. The number of rotatable bonds is 6. The number of hydrogen-bond donors (Lipinski definition) is 0. The number of hydrogen-bond acceptors (Lipinski definition) is 4. The second-order valence-electron chi connectivity index (χ2n) is 11.9. The van der Waals surface area contributed by atoms with E-state index in [1.165, 1.54) is 5.56 Å². The standard InChI is InChI=1S/C36H37NO3/c1-24-21-22-30(36(2,3)27-17-8-5-9-18-27)31(23-24)39-35(38)32-33(40-34(37-32)26-14-6-4-7-15-26)29-20-12-16-25-13-10-11-19-28(25)29/h4-20,24,30-33H,21-23H2,1-3H3/t24-,30-,31-,32-,33-/m1/s1. The lowest BCUT2D eigenvalue weighted by Gasteiger charge is -2.44. The molecule has 0 aromatic heterocycles. The predicted octanol–water partition coefficient (Wildman–Crippen LogP) is 8.05. The van der Waals surface area contributed by atoms with Gasteiger partial charge < -0.3 is 9.47 Å². The van der Waals surface area contributed by atoms with Gasteiger partial charge in [-0.3, -0.25) is 0 Å². The van der Waals surface area contributed by atoms with Gasteiger partial charge in [-0.05, 0) is 52.6 Å². The van der Waals surface area contributed by atoms with Gasteiger partial charge in [-0.25, -0.2) is 9.79 Å². The van der Waals surface area contributed by atoms with Gasteiger partial charge in [-0.2, -0.15) is 0 Å². The van der Waals surface area contributed by atoms with Crippen LogP contribution in [0.25, 0.3) is 10.8 Å². The average molecular weight is 532 g/mol. The summed E-state index contributed by atoms with van der Waals surface area (Å²) in [6.07, 6.45) is 2.27. The molecule has 4 nitrogen and oxygen atoms in total. The maximum absolute atomic E-state index is 14.1. The number of esters is 1. The summed E-state index contributed by atoms with van der Waals surface area (Å²) in [6.45, 7) is 6.83. The maximum atomic E-state index is 14.1. The van der Waals surface area contributed by atoms with Gasteiger partial charge in [-0.15, -0.1) is 0 Å². The summed E-state index contributed by atoms with van der Waals surface area (Å²) < 4.78 is 13.0. The molecule has 1 aliphatic carbocycles. The van der Waals surface area contributed by atoms with E-state index in [1.54, 1.807) is 0 Å². The first-order chi connectivity index (χ1) is 19.4. The van der Waals surface area contributed by atoms with Crippen molar-refractivity contribution < 1.29 is 14.3 Å². The molecule has 2 aliphatic rings. The molecule has 5 atom stereocenters. The van der Waals surface area contributed by atoms with Crippen LogP contribution in [0, 0.1) is 11.8 Å². The smallest absolute Gasteiger partial charge is 0.335 e. The fourth-order valence-electron chi connectivity index (χ4n) is 6.63. The fourth-order valence-corrected chi connectivity index (χ4v) is 6.63. The van der Waals surface area contributed by atoms with Crippen molar-refractivity contribution in [3.8, 4) is 0 Å². The molecule has 0 saturated heterocycles. The van der Waals surface area contributed by atoms with E-state index in [4.69, 9.17) is 14.5 Å². The molecule has 4 aromatic carbocycles. The number of aliphatic imine (C=N–C) groups is 1. The second-order valence-corrected chi connectivity index (χ2v) is 11.9. The molecule has 204 valence electrons. The van der Waals surface area contributed by atoms with Gasteiger partial charge in [0, 0.05) is 17.0 Å². The van der Waals surface area contributed by atoms with Crippen molar-refractivity contribution in [1.29, 1.82) is 0 Å². The first-order valence-corrected chi connectivity index (χ1v) is 14.5. The summed E-state index contributed by atoms with van der Waals surface area (Å²) in [5.41, 5.74) is 2.95. The van der Waals surface area contributed by atoms with Gasteiger partial charge in [0.05, 0.1) is 0 Å². The van der Waals surface area contributed by atoms with Crippen LogP contribution in [0.3, 0.4) is 0 Å². The van der Waals surface area contributed by atoms with E-state index in [0.29, 0.717) is 11.8 Å². The highest BCUT2D eigenvalue weighted by Crippen LogP contribution is 2.44. The molecule has 0 unspecified atom stereocenters. The largest absolute Gasteiger partial charge is 0.466 e. The molecule has 40 heavy (non-hydrogen) atoms. The van der Waals surface area contributed by atoms with Crippen LogP contribution >= 0.6 is 0 Å². The van der Waals surface area contributed by atoms with Crippen molar-refractivity contribution in [3.63, 3.8) is 0 Å². The Morgan fingerprint density at radius 3 is 2.30 bits per heavy atom. The van der Waals surface area contributed by atoms with Gasteiger partial charge in [0.15, 0.2) is 12.1 Å². The number of ether oxygens (including phenoxy) is 2. The molecule has 0 amide bonds. The fraction of sp³-hybridized carbons (Fsp3) is 0.333. The zero-order valence-corrected chi connectivity index (χ0v) is 23.5. The summed E-state index contributed by atoms with van der Waals surface area (Å²) in [7, 11) is 0. The number of fused-ring (bicyclic) bond motifs is 1. The summed E-state index contributed by atoms with van der Waals surface area (Å²) in [6, 6.07) is 34.0. The van der Waals surface area contributed by atoms with Gasteiger partial charge in [0.1, 0.15) is 6.10 Å². The van der Waals surface area contributed by atoms with Crippen LogP contribution in [0.2, 0.25) is 0 Å². The molecular weight excluding hydrogens is 494 g/mol. The van der Waals surface area contributed by atoms with Crippen molar-refractivity contribution >= 4 is 22.6 Å². The maximum Gasteiger partial charge on any atom is 0.335 e. The Morgan fingerprint density at radius 2 is 1.52 bits per heavy atom. The third-order valence-electron chi connectivity index (χ3n) is 8.94. The third-order valence-corrected chi connectivity index (χ3v) is 8.94. The van der Waals surface area contributed by atoms with E-state index in [-0.39, 0.29) is 23.4 Å². The number of benzene rings is 4. The number of nitrogens with zero attached hydrogens (tertiary/aromatic N) is 1. The third kappa shape index (κ3) is 5.03. The highest BCUT2D eigenvalue weighted by Gasteiger charge is 2.45. The zero-order chi connectivity index (χ0) is 27.7. The van der Waals surface area contributed by atoms with Crippen molar-refractivity contribution in [2.75, 3.05) is 0 Å². The van der Waals surface area contributed by atoms with Crippen LogP contribution in [0.4, 0.5) is 0 Å². The lowest BCUT2D eigenvalue weighted by atomic mass is 9.64. The number of carbonyl (C=O) groups excluding carboxylic acids is 1. The summed E-state index contributed by atoms with van der Waals surface area (Å²) in [5, 5.41) is 2.17. The van der Waals surface area contributed by atoms with E-state index < -0.39 is 12.1 Å². The van der Waals surface area contributed by atoms with Crippen LogP contribution in [0.5, 0.6) is 0 Å². The van der Waals surface area contributed by atoms with E-state index >= 15 is 0 Å². The van der Waals surface area contributed by atoms with E-state index in [1.807, 2.05) is 54.6 Å². The minimum absolute atomic E-state index is 0.133. The van der Waals surface area contributed by atoms with Gasteiger partial charge in [0.25, 0.3) is 0 Å². The summed E-state index contributed by atoms with van der Waals surface area (Å²) >= 11 is 0. The molecule has 1 saturated carbocycles. The van der Waals surface area contributed by atoms with E-state index in [0.717, 1.165) is 41.2 Å². The predicted molar refractivity (Wildman–Crippen MR) is 160 cm³/mol. The summed E-state index contributed by atoms with van der Waals surface area (Å²) in [4.78, 5) is 19.0. The van der Waals surface area contributed by atoms with Crippen LogP contribution in [0.15, 0.2) is 108 Å². The number of carbonyl (C=O) groups is 1. The average Bonchev–Trinajstić information content (AvgIpc) is 3.43. The zero-order valence-electron chi connectivity index (χ0n) is 23.5. The van der Waals surface area contributed by atoms with Gasteiger partial charge in [-0.1, -0.05) is 118 Å². The Labute approximate surface area is 237 Å². The van der Waals surface area contributed by atoms with Crippen molar-refractivity contribution in [2.24, 2.45) is 16.8 Å². The first-order valence-electron chi connectivity index (χ1n) is 14.5. The Morgan fingerprint density at radius 1 is 0.850 bits per heavy atom. The minimum Gasteiger partial charge on any atom is -0.466 e. The van der Waals surface area contributed by atoms with E-state index in [9.17, 15) is 4.79 Å². The SMILES string of the molecule is C[C@@H]1CC[C@@H](C(C)(C)c2ccccc2)[C@H](OC(=O)[C@@H]2N=C(c3ccccc3)O[C@@H]2c2cccc3ccccc23)C1. The van der Waals surface area contributed by atoms with Gasteiger partial charge in [0.2, 0.25) is 5.90 Å². The molecule has 0 bridgehead atoms. The van der Waals surface area contributed by atoms with Crippen molar-refractivity contribution in [3.05, 3.63) is 120 Å². The normalized spacial score (nSPS) is 24.8. The van der Waals surface area contributed by atoms with Crippen molar-refractivity contribution in [2.45, 2.75) is 63.7 Å². The molecule has 0 radical (unpaired) electrons. The van der Waals surface area contributed by atoms with E-state index in [2.05, 4.69) is 69.3 Å². The highest BCUT2D eigenvalue weighted by atomic mass is 16.6.